The lowest BCUT2D eigenvalue weighted by Gasteiger charge is -2.39. The average molecular weight is 469 g/mol. The first-order chi connectivity index (χ1) is 14.9. The van der Waals surface area contributed by atoms with Crippen molar-refractivity contribution in [1.29, 1.82) is 0 Å². The lowest BCUT2D eigenvalue weighted by atomic mass is 9.88. The van der Waals surface area contributed by atoms with Crippen molar-refractivity contribution in [2.45, 2.75) is 61.4 Å². The minimum Gasteiger partial charge on any atom is -0.395 e. The van der Waals surface area contributed by atoms with Crippen molar-refractivity contribution in [2.75, 3.05) is 30.2 Å². The molecular weight excluding hydrogens is 439 g/mol. The summed E-state index contributed by atoms with van der Waals surface area (Å²) >= 11 is 1.15. The first-order valence-electron chi connectivity index (χ1n) is 10.7. The summed E-state index contributed by atoms with van der Waals surface area (Å²) in [5.74, 6) is -0.527. The molecule has 2 saturated carbocycles. The van der Waals surface area contributed by atoms with Gasteiger partial charge in [-0.1, -0.05) is 12.8 Å². The van der Waals surface area contributed by atoms with Crippen LogP contribution in [0.3, 0.4) is 0 Å². The molecule has 2 fully saturated rings. The number of halogens is 1. The number of aliphatic hydroxyl groups excluding tert-OH is 1. The zero-order valence-electron chi connectivity index (χ0n) is 17.6. The number of nitrogens with zero attached hydrogens (tertiary/aromatic N) is 2. The van der Waals surface area contributed by atoms with Crippen LogP contribution in [0.15, 0.2) is 28.6 Å². The van der Waals surface area contributed by atoms with Crippen molar-refractivity contribution in [3.8, 4) is 0 Å². The van der Waals surface area contributed by atoms with Crippen molar-refractivity contribution < 1.29 is 17.9 Å². The number of thiazole rings is 1. The van der Waals surface area contributed by atoms with Crippen LogP contribution in [0.4, 0.5) is 15.2 Å². The molecular formula is C21H29FN4O3S2. The molecule has 10 heteroatoms. The number of nitrogens with one attached hydrogen (secondary N) is 2. The van der Waals surface area contributed by atoms with Gasteiger partial charge in [-0.05, 0) is 56.3 Å². The van der Waals surface area contributed by atoms with Crippen LogP contribution in [0.2, 0.25) is 0 Å². The second-order valence-corrected chi connectivity index (χ2v) is 10.9. The van der Waals surface area contributed by atoms with Crippen LogP contribution < -0.4 is 10.0 Å². The Bertz CT molecular complexity index is 996. The molecule has 0 radical (unpaired) electrons. The molecule has 0 aliphatic heterocycles. The van der Waals surface area contributed by atoms with Crippen LogP contribution in [-0.2, 0) is 10.0 Å². The molecule has 0 saturated heterocycles. The molecule has 3 N–H and O–H groups in total. The zero-order chi connectivity index (χ0) is 22.0. The summed E-state index contributed by atoms with van der Waals surface area (Å²) in [6, 6.07) is 3.19. The van der Waals surface area contributed by atoms with E-state index in [4.69, 9.17) is 0 Å². The van der Waals surface area contributed by atoms with E-state index >= 15 is 4.39 Å². The second kappa shape index (κ2) is 9.40. The van der Waals surface area contributed by atoms with Gasteiger partial charge in [0.25, 0.3) is 10.0 Å². The Kier molecular flexibility index (Phi) is 6.80. The predicted octanol–water partition coefficient (Wildman–Crippen LogP) is 3.61. The normalized spacial score (nSPS) is 21.9. The quantitative estimate of drug-likeness (QED) is 0.521. The van der Waals surface area contributed by atoms with Crippen LogP contribution in [0, 0.1) is 5.82 Å². The summed E-state index contributed by atoms with van der Waals surface area (Å²) < 4.78 is 43.0. The number of aromatic nitrogens is 1. The third kappa shape index (κ3) is 5.19. The van der Waals surface area contributed by atoms with Gasteiger partial charge in [-0.15, -0.1) is 11.3 Å². The predicted molar refractivity (Wildman–Crippen MR) is 121 cm³/mol. The molecule has 0 bridgehead atoms. The summed E-state index contributed by atoms with van der Waals surface area (Å²) in [7, 11) is -2.06. The SMILES string of the molecule is CN(CCO)[C@H]1CCCC[C@@H]1Nc1cc(F)c(S(=O)(=O)Nc2nccs2)cc1C1CC1. The molecule has 1 aromatic carbocycles. The summed E-state index contributed by atoms with van der Waals surface area (Å²) in [6.45, 7) is 0.687. The Balaban J connectivity index is 1.62. The lowest BCUT2D eigenvalue weighted by molar-refractivity contribution is 0.143. The van der Waals surface area contributed by atoms with Crippen LogP contribution in [0.1, 0.15) is 50.0 Å². The Morgan fingerprint density at radius 2 is 2.03 bits per heavy atom. The van der Waals surface area contributed by atoms with Gasteiger partial charge >= 0.3 is 0 Å². The Labute approximate surface area is 186 Å². The van der Waals surface area contributed by atoms with E-state index in [-0.39, 0.29) is 34.6 Å². The van der Waals surface area contributed by atoms with Crippen molar-refractivity contribution in [2.24, 2.45) is 0 Å². The van der Waals surface area contributed by atoms with E-state index in [2.05, 4.69) is 19.9 Å². The Hall–Kier alpha value is -1.75. The molecule has 0 spiro atoms. The van der Waals surface area contributed by atoms with E-state index in [1.54, 1.807) is 5.38 Å². The highest BCUT2D eigenvalue weighted by Gasteiger charge is 2.33. The molecule has 0 unspecified atom stereocenters. The van der Waals surface area contributed by atoms with Gasteiger partial charge in [0.15, 0.2) is 5.13 Å². The Morgan fingerprint density at radius 1 is 1.26 bits per heavy atom. The summed E-state index contributed by atoms with van der Waals surface area (Å²) in [5, 5.41) is 14.7. The summed E-state index contributed by atoms with van der Waals surface area (Å²) in [5.41, 5.74) is 1.54. The van der Waals surface area contributed by atoms with Crippen LogP contribution >= 0.6 is 11.3 Å². The summed E-state index contributed by atoms with van der Waals surface area (Å²) in [6.07, 6.45) is 7.62. The number of benzene rings is 1. The van der Waals surface area contributed by atoms with Gasteiger partial charge in [0, 0.05) is 35.9 Å². The smallest absolute Gasteiger partial charge is 0.266 e. The van der Waals surface area contributed by atoms with Crippen molar-refractivity contribution in [3.63, 3.8) is 0 Å². The molecule has 2 aliphatic rings. The van der Waals surface area contributed by atoms with Gasteiger partial charge in [0.05, 0.1) is 6.61 Å². The number of sulfonamides is 1. The molecule has 170 valence electrons. The first-order valence-corrected chi connectivity index (χ1v) is 13.1. The Morgan fingerprint density at radius 3 is 2.71 bits per heavy atom. The van der Waals surface area contributed by atoms with Gasteiger partial charge < -0.3 is 10.4 Å². The number of rotatable bonds is 9. The number of anilines is 2. The lowest BCUT2D eigenvalue weighted by Crippen LogP contribution is -2.48. The molecule has 1 aromatic heterocycles. The highest BCUT2D eigenvalue weighted by atomic mass is 32.2. The van der Waals surface area contributed by atoms with Gasteiger partial charge in [-0.25, -0.2) is 17.8 Å². The maximum Gasteiger partial charge on any atom is 0.266 e. The molecule has 31 heavy (non-hydrogen) atoms. The van der Waals surface area contributed by atoms with E-state index in [0.29, 0.717) is 12.2 Å². The van der Waals surface area contributed by atoms with Gasteiger partial charge in [0.2, 0.25) is 0 Å². The topological polar surface area (TPSA) is 94.6 Å². The fourth-order valence-corrected chi connectivity index (χ4v) is 6.29. The second-order valence-electron chi connectivity index (χ2n) is 8.39. The number of hydrogen-bond donors (Lipinski definition) is 3. The summed E-state index contributed by atoms with van der Waals surface area (Å²) in [4.78, 5) is 5.75. The standard InChI is InChI=1S/C21H29FN4O3S2/c1-26(9-10-27)19-5-3-2-4-17(19)24-18-13-16(22)20(12-15(18)14-6-7-14)31(28,29)25-21-23-8-11-30-21/h8,11-14,17,19,24,27H,2-7,9-10H2,1H3,(H,23,25)/t17-,19-/m0/s1. The third-order valence-electron chi connectivity index (χ3n) is 6.15. The minimum absolute atomic E-state index is 0.0975. The molecule has 1 heterocycles. The fourth-order valence-electron chi connectivity index (χ4n) is 4.41. The molecule has 7 nitrogen and oxygen atoms in total. The minimum atomic E-state index is -4.06. The van der Waals surface area contributed by atoms with E-state index in [9.17, 15) is 13.5 Å². The number of likely N-dealkylation sites (N-methyl/N-ethyl adjacent to an activating group) is 1. The monoisotopic (exact) mass is 468 g/mol. The van der Waals surface area contributed by atoms with Crippen LogP contribution in [-0.4, -0.2) is 55.7 Å². The van der Waals surface area contributed by atoms with E-state index in [1.807, 2.05) is 7.05 Å². The molecule has 2 aromatic rings. The molecule has 0 amide bonds. The molecule has 2 aliphatic carbocycles. The first kappa shape index (κ1) is 22.4. The highest BCUT2D eigenvalue weighted by Crippen LogP contribution is 2.45. The molecule has 2 atom stereocenters. The zero-order valence-corrected chi connectivity index (χ0v) is 19.2. The van der Waals surface area contributed by atoms with Gasteiger partial charge in [-0.3, -0.25) is 9.62 Å². The molecule has 4 rings (SSSR count). The van der Waals surface area contributed by atoms with E-state index < -0.39 is 15.8 Å². The largest absolute Gasteiger partial charge is 0.395 e. The van der Waals surface area contributed by atoms with E-state index in [1.165, 1.54) is 18.3 Å². The van der Waals surface area contributed by atoms with E-state index in [0.717, 1.165) is 55.4 Å². The van der Waals surface area contributed by atoms with Crippen LogP contribution in [0.5, 0.6) is 0 Å². The number of aliphatic hydroxyl groups is 1. The third-order valence-corrected chi connectivity index (χ3v) is 8.33. The highest BCUT2D eigenvalue weighted by molar-refractivity contribution is 7.93. The average Bonchev–Trinajstić information content (AvgIpc) is 3.45. The van der Waals surface area contributed by atoms with Gasteiger partial charge in [-0.2, -0.15) is 0 Å². The number of hydrogen-bond acceptors (Lipinski definition) is 7. The van der Waals surface area contributed by atoms with Crippen molar-refractivity contribution in [3.05, 3.63) is 35.1 Å². The van der Waals surface area contributed by atoms with Crippen molar-refractivity contribution >= 4 is 32.2 Å². The maximum atomic E-state index is 15.0. The van der Waals surface area contributed by atoms with Gasteiger partial charge in [0.1, 0.15) is 10.7 Å². The fraction of sp³-hybridized carbons (Fsp3) is 0.571. The van der Waals surface area contributed by atoms with Crippen molar-refractivity contribution in [1.82, 2.24) is 9.88 Å². The maximum absolute atomic E-state index is 15.0. The van der Waals surface area contributed by atoms with Crippen LogP contribution in [0.25, 0.3) is 0 Å².